The summed E-state index contributed by atoms with van der Waals surface area (Å²) in [4.78, 5) is 12.2. The van der Waals surface area contributed by atoms with Crippen LogP contribution in [0.15, 0.2) is 29.0 Å². The second kappa shape index (κ2) is 5.92. The fourth-order valence-electron chi connectivity index (χ4n) is 2.31. The van der Waals surface area contributed by atoms with Gasteiger partial charge in [0.2, 0.25) is 5.13 Å². The van der Waals surface area contributed by atoms with E-state index in [4.69, 9.17) is 4.52 Å². The molecule has 1 saturated carbocycles. The molecule has 3 heterocycles. The molecule has 23 heavy (non-hydrogen) atoms. The Balaban J connectivity index is 1.40. The zero-order valence-electron chi connectivity index (χ0n) is 12.2. The number of hydrogen-bond donors (Lipinski definition) is 1. The fraction of sp³-hybridized carbons (Fsp3) is 0.357. The first-order chi connectivity index (χ1) is 11.3. The second-order valence-corrected chi connectivity index (χ2v) is 6.42. The predicted molar refractivity (Wildman–Crippen MR) is 82.3 cm³/mol. The Bertz CT molecular complexity index is 805. The van der Waals surface area contributed by atoms with Crippen molar-refractivity contribution in [2.24, 2.45) is 0 Å². The number of carbonyl (C=O) groups is 1. The highest BCUT2D eigenvalue weighted by atomic mass is 32.1. The van der Waals surface area contributed by atoms with Gasteiger partial charge in [-0.1, -0.05) is 22.9 Å². The molecule has 0 aliphatic heterocycles. The monoisotopic (exact) mass is 330 g/mol. The number of nitrogens with zero attached hydrogens (tertiary/aromatic N) is 5. The molecule has 1 aliphatic carbocycles. The Hall–Kier alpha value is -2.55. The van der Waals surface area contributed by atoms with Crippen LogP contribution in [-0.4, -0.2) is 31.0 Å². The molecule has 4 rings (SSSR count). The van der Waals surface area contributed by atoms with E-state index in [1.807, 2.05) is 12.3 Å². The molecule has 1 aliphatic rings. The smallest absolute Gasteiger partial charge is 0.279 e. The summed E-state index contributed by atoms with van der Waals surface area (Å²) in [5.41, 5.74) is 0.215. The van der Waals surface area contributed by atoms with Gasteiger partial charge in [0.05, 0.1) is 0 Å². The lowest BCUT2D eigenvalue weighted by atomic mass is 9.86. The number of hydrogen-bond acceptors (Lipinski definition) is 7. The Morgan fingerprint density at radius 3 is 3.09 bits per heavy atom. The van der Waals surface area contributed by atoms with Crippen LogP contribution in [0.3, 0.4) is 0 Å². The molecular formula is C14H14N6O2S. The van der Waals surface area contributed by atoms with Crippen LogP contribution in [0.25, 0.3) is 0 Å². The maximum absolute atomic E-state index is 12.2. The zero-order valence-corrected chi connectivity index (χ0v) is 13.0. The van der Waals surface area contributed by atoms with E-state index in [9.17, 15) is 4.79 Å². The highest BCUT2D eigenvalue weighted by Gasteiger charge is 2.24. The summed E-state index contributed by atoms with van der Waals surface area (Å²) in [5.74, 6) is 0.717. The van der Waals surface area contributed by atoms with Gasteiger partial charge in [-0.05, 0) is 18.9 Å². The van der Waals surface area contributed by atoms with Crippen molar-refractivity contribution in [1.82, 2.24) is 25.1 Å². The van der Waals surface area contributed by atoms with Crippen molar-refractivity contribution in [3.05, 3.63) is 41.0 Å². The number of anilines is 1. The first-order valence-corrected chi connectivity index (χ1v) is 8.17. The number of amides is 1. The molecule has 3 aromatic rings. The summed E-state index contributed by atoms with van der Waals surface area (Å²) in [6, 6.07) is 3.42. The van der Waals surface area contributed by atoms with E-state index in [0.29, 0.717) is 23.4 Å². The molecule has 0 saturated heterocycles. The lowest BCUT2D eigenvalue weighted by molar-refractivity contribution is 0.101. The summed E-state index contributed by atoms with van der Waals surface area (Å²) >= 11 is 1.42. The molecule has 3 aromatic heterocycles. The van der Waals surface area contributed by atoms with E-state index < -0.39 is 0 Å². The number of nitrogens with one attached hydrogen (secondary N) is 1. The maximum Gasteiger partial charge on any atom is 0.279 e. The SMILES string of the molecule is O=C(Nc1nnc(C2CCC2)s1)c1cc(Cn2cccn2)on1. The molecule has 0 radical (unpaired) electrons. The third kappa shape index (κ3) is 3.00. The first-order valence-electron chi connectivity index (χ1n) is 7.36. The molecule has 0 atom stereocenters. The van der Waals surface area contributed by atoms with Crippen LogP contribution in [0.5, 0.6) is 0 Å². The summed E-state index contributed by atoms with van der Waals surface area (Å²) in [6.07, 6.45) is 7.04. The van der Waals surface area contributed by atoms with E-state index in [1.54, 1.807) is 16.9 Å². The van der Waals surface area contributed by atoms with E-state index in [0.717, 1.165) is 17.8 Å². The van der Waals surface area contributed by atoms with Crippen molar-refractivity contribution in [3.8, 4) is 0 Å². The molecule has 1 amide bonds. The Morgan fingerprint density at radius 1 is 1.43 bits per heavy atom. The molecule has 8 nitrogen and oxygen atoms in total. The van der Waals surface area contributed by atoms with Crippen LogP contribution in [0.1, 0.15) is 46.4 Å². The number of carbonyl (C=O) groups excluding carboxylic acids is 1. The summed E-state index contributed by atoms with van der Waals surface area (Å²) in [5, 5.41) is 20.2. The van der Waals surface area contributed by atoms with Crippen molar-refractivity contribution in [3.63, 3.8) is 0 Å². The van der Waals surface area contributed by atoms with Crippen LogP contribution in [0.2, 0.25) is 0 Å². The van der Waals surface area contributed by atoms with Crippen molar-refractivity contribution in [2.45, 2.75) is 31.7 Å². The van der Waals surface area contributed by atoms with Gasteiger partial charge in [-0.3, -0.25) is 14.8 Å². The van der Waals surface area contributed by atoms with E-state index >= 15 is 0 Å². The molecule has 9 heteroatoms. The average Bonchev–Trinajstić information content (AvgIpc) is 3.19. The van der Waals surface area contributed by atoms with Crippen LogP contribution in [-0.2, 0) is 6.54 Å². The van der Waals surface area contributed by atoms with E-state index in [-0.39, 0.29) is 11.6 Å². The van der Waals surface area contributed by atoms with Crippen molar-refractivity contribution in [2.75, 3.05) is 5.32 Å². The first kappa shape index (κ1) is 14.1. The number of aromatic nitrogens is 5. The number of rotatable bonds is 5. The zero-order chi connectivity index (χ0) is 15.6. The largest absolute Gasteiger partial charge is 0.359 e. The molecule has 0 bridgehead atoms. The quantitative estimate of drug-likeness (QED) is 0.770. The van der Waals surface area contributed by atoms with E-state index in [1.165, 1.54) is 17.8 Å². The van der Waals surface area contributed by atoms with Crippen LogP contribution < -0.4 is 5.32 Å². The summed E-state index contributed by atoms with van der Waals surface area (Å²) in [6.45, 7) is 0.428. The van der Waals surface area contributed by atoms with Crippen molar-refractivity contribution >= 4 is 22.4 Å². The molecule has 0 aromatic carbocycles. The van der Waals surface area contributed by atoms with Gasteiger partial charge in [0.1, 0.15) is 11.6 Å². The second-order valence-electron chi connectivity index (χ2n) is 5.41. The molecule has 118 valence electrons. The lowest BCUT2D eigenvalue weighted by Gasteiger charge is -2.21. The van der Waals surface area contributed by atoms with Gasteiger partial charge in [0.15, 0.2) is 11.5 Å². The van der Waals surface area contributed by atoms with Gasteiger partial charge in [0.25, 0.3) is 5.91 Å². The lowest BCUT2D eigenvalue weighted by Crippen LogP contribution is -2.12. The molecule has 1 fully saturated rings. The topological polar surface area (TPSA) is 98.7 Å². The molecular weight excluding hydrogens is 316 g/mol. The third-order valence-electron chi connectivity index (χ3n) is 3.78. The maximum atomic E-state index is 12.2. The van der Waals surface area contributed by atoms with Gasteiger partial charge in [-0.15, -0.1) is 10.2 Å². The average molecular weight is 330 g/mol. The van der Waals surface area contributed by atoms with Gasteiger partial charge in [-0.2, -0.15) is 5.10 Å². The van der Waals surface area contributed by atoms with Crippen LogP contribution in [0.4, 0.5) is 5.13 Å². The Kier molecular flexibility index (Phi) is 3.62. The summed E-state index contributed by atoms with van der Waals surface area (Å²) < 4.78 is 6.85. The minimum atomic E-state index is -0.350. The Labute approximate surface area is 135 Å². The van der Waals surface area contributed by atoms with Gasteiger partial charge in [0, 0.05) is 24.4 Å². The van der Waals surface area contributed by atoms with Crippen molar-refractivity contribution < 1.29 is 9.32 Å². The van der Waals surface area contributed by atoms with Crippen LogP contribution >= 0.6 is 11.3 Å². The van der Waals surface area contributed by atoms with Gasteiger partial charge >= 0.3 is 0 Å². The third-order valence-corrected chi connectivity index (χ3v) is 4.79. The van der Waals surface area contributed by atoms with Gasteiger partial charge < -0.3 is 4.52 Å². The highest BCUT2D eigenvalue weighted by molar-refractivity contribution is 7.15. The minimum Gasteiger partial charge on any atom is -0.359 e. The van der Waals surface area contributed by atoms with Crippen LogP contribution in [0, 0.1) is 0 Å². The summed E-state index contributed by atoms with van der Waals surface area (Å²) in [7, 11) is 0. The highest BCUT2D eigenvalue weighted by Crippen LogP contribution is 2.38. The molecule has 0 spiro atoms. The standard InChI is InChI=1S/C14H14N6O2S/c21-12(16-14-18-17-13(23-14)9-3-1-4-9)11-7-10(22-19-11)8-20-6-2-5-15-20/h2,5-7,9H,1,3-4,8H2,(H,16,18,21). The minimum absolute atomic E-state index is 0.215. The molecule has 1 N–H and O–H groups in total. The van der Waals surface area contributed by atoms with Gasteiger partial charge in [-0.25, -0.2) is 0 Å². The fourth-order valence-corrected chi connectivity index (χ4v) is 3.22. The van der Waals surface area contributed by atoms with E-state index in [2.05, 4.69) is 25.8 Å². The Morgan fingerprint density at radius 2 is 2.35 bits per heavy atom. The van der Waals surface area contributed by atoms with Crippen molar-refractivity contribution in [1.29, 1.82) is 0 Å². The molecule has 0 unspecified atom stereocenters. The predicted octanol–water partition coefficient (Wildman–Crippen LogP) is 2.29. The normalized spacial score (nSPS) is 14.6.